The number of hydrogen-bond acceptors (Lipinski definition) is 3. The van der Waals surface area contributed by atoms with Crippen molar-refractivity contribution in [2.45, 2.75) is 78.5 Å². The minimum Gasteiger partial charge on any atom is -0.375 e. The van der Waals surface area contributed by atoms with Gasteiger partial charge < -0.3 is 14.2 Å². The average molecular weight is 244 g/mol. The number of ether oxygens (including phenoxy) is 3. The maximum absolute atomic E-state index is 5.92. The van der Waals surface area contributed by atoms with Crippen molar-refractivity contribution in [3.8, 4) is 0 Å². The summed E-state index contributed by atoms with van der Waals surface area (Å²) in [5.74, 6) is 0.208. The van der Waals surface area contributed by atoms with E-state index in [1.807, 2.05) is 27.7 Å². The quantitative estimate of drug-likeness (QED) is 0.745. The van der Waals surface area contributed by atoms with Crippen LogP contribution in [0.25, 0.3) is 0 Å². The number of hydrogen-bond donors (Lipinski definition) is 0. The van der Waals surface area contributed by atoms with E-state index in [4.69, 9.17) is 14.2 Å². The lowest BCUT2D eigenvalue weighted by Crippen LogP contribution is -2.43. The molecule has 0 bridgehead atoms. The van der Waals surface area contributed by atoms with E-state index in [-0.39, 0.29) is 18.3 Å². The van der Waals surface area contributed by atoms with Gasteiger partial charge in [0, 0.05) is 6.61 Å². The molecule has 2 fully saturated rings. The molecule has 0 aromatic rings. The molecule has 3 unspecified atom stereocenters. The Morgan fingerprint density at radius 2 is 1.82 bits per heavy atom. The lowest BCUT2D eigenvalue weighted by atomic mass is 9.95. The van der Waals surface area contributed by atoms with Crippen molar-refractivity contribution in [2.75, 3.05) is 6.61 Å². The highest BCUT2D eigenvalue weighted by molar-refractivity contribution is 4.90. The Morgan fingerprint density at radius 1 is 1.18 bits per heavy atom. The average Bonchev–Trinajstić information content (AvgIpc) is 2.56. The van der Waals surface area contributed by atoms with Crippen molar-refractivity contribution < 1.29 is 14.2 Å². The second kappa shape index (κ2) is 6.17. The van der Waals surface area contributed by atoms with Crippen LogP contribution in [-0.4, -0.2) is 30.7 Å². The number of rotatable bonds is 2. The fourth-order valence-corrected chi connectivity index (χ4v) is 2.50. The highest BCUT2D eigenvalue weighted by Gasteiger charge is 2.47. The molecule has 17 heavy (non-hydrogen) atoms. The van der Waals surface area contributed by atoms with Crippen LogP contribution in [0, 0.1) is 5.92 Å². The minimum atomic E-state index is -0.432. The molecule has 0 spiro atoms. The first kappa shape index (κ1) is 14.9. The molecule has 3 heteroatoms. The van der Waals surface area contributed by atoms with E-state index in [9.17, 15) is 0 Å². The van der Waals surface area contributed by atoms with Gasteiger partial charge in [-0.25, -0.2) is 0 Å². The zero-order chi connectivity index (χ0) is 13.1. The van der Waals surface area contributed by atoms with Crippen LogP contribution in [0.1, 0.15) is 54.4 Å². The van der Waals surface area contributed by atoms with Gasteiger partial charge in [-0.2, -0.15) is 0 Å². The molecule has 0 aromatic heterocycles. The van der Waals surface area contributed by atoms with Gasteiger partial charge in [0.05, 0.1) is 12.2 Å². The lowest BCUT2D eigenvalue weighted by molar-refractivity contribution is -0.155. The van der Waals surface area contributed by atoms with Crippen LogP contribution in [0.3, 0.4) is 0 Å². The van der Waals surface area contributed by atoms with Gasteiger partial charge in [0.25, 0.3) is 0 Å². The predicted octanol–water partition coefficient (Wildman–Crippen LogP) is 3.37. The van der Waals surface area contributed by atoms with Crippen molar-refractivity contribution in [3.05, 3.63) is 0 Å². The highest BCUT2D eigenvalue weighted by Crippen LogP contribution is 2.36. The van der Waals surface area contributed by atoms with Crippen LogP contribution in [0.5, 0.6) is 0 Å². The summed E-state index contributed by atoms with van der Waals surface area (Å²) in [6, 6.07) is 0. The van der Waals surface area contributed by atoms with E-state index in [1.54, 1.807) is 0 Å². The Kier molecular flexibility index (Phi) is 5.42. The van der Waals surface area contributed by atoms with Crippen LogP contribution in [0.4, 0.5) is 0 Å². The van der Waals surface area contributed by atoms with Gasteiger partial charge in [0.15, 0.2) is 5.79 Å². The Bertz CT molecular complexity index is 226. The Hall–Kier alpha value is -0.120. The third kappa shape index (κ3) is 3.94. The second-order valence-corrected chi connectivity index (χ2v) is 5.47. The fourth-order valence-electron chi connectivity index (χ4n) is 2.50. The van der Waals surface area contributed by atoms with Crippen molar-refractivity contribution in [1.29, 1.82) is 0 Å². The monoisotopic (exact) mass is 244 g/mol. The topological polar surface area (TPSA) is 27.7 Å². The predicted molar refractivity (Wildman–Crippen MR) is 69.0 cm³/mol. The van der Waals surface area contributed by atoms with Crippen LogP contribution in [0.15, 0.2) is 0 Å². The minimum absolute atomic E-state index is 0.135. The Labute approximate surface area is 106 Å². The second-order valence-electron chi connectivity index (χ2n) is 5.47. The molecule has 3 nitrogen and oxygen atoms in total. The van der Waals surface area contributed by atoms with Gasteiger partial charge >= 0.3 is 0 Å². The van der Waals surface area contributed by atoms with Crippen molar-refractivity contribution in [3.63, 3.8) is 0 Å². The first-order valence-corrected chi connectivity index (χ1v) is 6.95. The number of fused-ring (bicyclic) bond motifs is 1. The summed E-state index contributed by atoms with van der Waals surface area (Å²) in [7, 11) is 0. The third-order valence-corrected chi connectivity index (χ3v) is 3.03. The SMILES string of the molecule is CC.CC(C)CC1OCCC2OC(C)(C)OC12. The molecule has 0 radical (unpaired) electrons. The molecule has 2 aliphatic rings. The molecule has 3 atom stereocenters. The normalized spacial score (nSPS) is 35.1. The molecule has 0 aromatic carbocycles. The summed E-state index contributed by atoms with van der Waals surface area (Å²) in [4.78, 5) is 0. The maximum Gasteiger partial charge on any atom is 0.163 e. The third-order valence-electron chi connectivity index (χ3n) is 3.03. The van der Waals surface area contributed by atoms with Gasteiger partial charge in [-0.05, 0) is 32.6 Å². The van der Waals surface area contributed by atoms with E-state index in [1.165, 1.54) is 0 Å². The molecule has 2 saturated heterocycles. The maximum atomic E-state index is 5.92. The Balaban J connectivity index is 0.000000686. The standard InChI is InChI=1S/C12H22O3.C2H6/c1-8(2)7-10-11-9(5-6-13-10)14-12(3,4)15-11;1-2/h8-11H,5-7H2,1-4H3;1-2H3. The van der Waals surface area contributed by atoms with Gasteiger partial charge in [-0.1, -0.05) is 27.7 Å². The smallest absolute Gasteiger partial charge is 0.163 e. The first-order chi connectivity index (χ1) is 7.98. The molecule has 0 saturated carbocycles. The Morgan fingerprint density at radius 3 is 2.41 bits per heavy atom. The van der Waals surface area contributed by atoms with Gasteiger partial charge in [0.1, 0.15) is 6.10 Å². The van der Waals surface area contributed by atoms with Gasteiger partial charge in [-0.15, -0.1) is 0 Å². The zero-order valence-corrected chi connectivity index (χ0v) is 12.2. The fraction of sp³-hybridized carbons (Fsp3) is 1.00. The van der Waals surface area contributed by atoms with E-state index >= 15 is 0 Å². The largest absolute Gasteiger partial charge is 0.375 e. The van der Waals surface area contributed by atoms with Crippen LogP contribution >= 0.6 is 0 Å². The molecule has 0 amide bonds. The van der Waals surface area contributed by atoms with Crippen LogP contribution in [-0.2, 0) is 14.2 Å². The zero-order valence-electron chi connectivity index (χ0n) is 12.2. The highest BCUT2D eigenvalue weighted by atomic mass is 16.8. The van der Waals surface area contributed by atoms with Crippen LogP contribution in [0.2, 0.25) is 0 Å². The lowest BCUT2D eigenvalue weighted by Gasteiger charge is -2.32. The molecular weight excluding hydrogens is 216 g/mol. The summed E-state index contributed by atoms with van der Waals surface area (Å²) >= 11 is 0. The van der Waals surface area contributed by atoms with E-state index in [0.717, 1.165) is 19.4 Å². The molecule has 2 aliphatic heterocycles. The van der Waals surface area contributed by atoms with Gasteiger partial charge in [0.2, 0.25) is 0 Å². The van der Waals surface area contributed by atoms with Crippen molar-refractivity contribution in [1.82, 2.24) is 0 Å². The molecule has 0 N–H and O–H groups in total. The first-order valence-electron chi connectivity index (χ1n) is 6.95. The van der Waals surface area contributed by atoms with Crippen molar-refractivity contribution >= 4 is 0 Å². The van der Waals surface area contributed by atoms with E-state index in [0.29, 0.717) is 5.92 Å². The van der Waals surface area contributed by atoms with Crippen LogP contribution < -0.4 is 0 Å². The summed E-state index contributed by atoms with van der Waals surface area (Å²) in [5, 5.41) is 0. The van der Waals surface area contributed by atoms with E-state index in [2.05, 4.69) is 13.8 Å². The summed E-state index contributed by atoms with van der Waals surface area (Å²) in [6.07, 6.45) is 2.60. The molecule has 2 rings (SSSR count). The molecule has 0 aliphatic carbocycles. The summed E-state index contributed by atoms with van der Waals surface area (Å²) < 4.78 is 17.6. The molecular formula is C14H28O3. The van der Waals surface area contributed by atoms with Gasteiger partial charge in [-0.3, -0.25) is 0 Å². The van der Waals surface area contributed by atoms with Crippen molar-refractivity contribution in [2.24, 2.45) is 5.92 Å². The summed E-state index contributed by atoms with van der Waals surface area (Å²) in [6.45, 7) is 13.2. The van der Waals surface area contributed by atoms with E-state index < -0.39 is 5.79 Å². The summed E-state index contributed by atoms with van der Waals surface area (Å²) in [5.41, 5.74) is 0. The molecule has 102 valence electrons. The molecule has 2 heterocycles.